The Hall–Kier alpha value is -4.66. The van der Waals surface area contributed by atoms with E-state index >= 15 is 0 Å². The average molecular weight is 674 g/mol. The normalized spacial score (nSPS) is 14.1. The number of ether oxygens (including phenoxy) is 2. The van der Waals surface area contributed by atoms with E-state index in [0.717, 1.165) is 72.3 Å². The van der Waals surface area contributed by atoms with Crippen molar-refractivity contribution in [3.8, 4) is 11.5 Å². The van der Waals surface area contributed by atoms with E-state index in [-0.39, 0.29) is 11.4 Å². The fraction of sp³-hybridized carbons (Fsp3) is 0.243. The summed E-state index contributed by atoms with van der Waals surface area (Å²) in [4.78, 5) is 31.8. The Morgan fingerprint density at radius 3 is 1.87 bits per heavy atom. The van der Waals surface area contributed by atoms with Gasteiger partial charge < -0.3 is 19.7 Å². The first kappa shape index (κ1) is 33.7. The molecule has 6 rings (SSSR count). The maximum atomic E-state index is 12.0. The van der Waals surface area contributed by atoms with Gasteiger partial charge in [-0.1, -0.05) is 35.3 Å². The van der Waals surface area contributed by atoms with Gasteiger partial charge in [0.05, 0.1) is 25.1 Å². The zero-order chi connectivity index (χ0) is 33.5. The molecule has 2 aromatic heterocycles. The van der Waals surface area contributed by atoms with Crippen LogP contribution >= 0.6 is 23.2 Å². The van der Waals surface area contributed by atoms with Crippen LogP contribution in [0.4, 0.5) is 0 Å². The standard InChI is InChI=1S/C20H20ClNO3.C17H14ClNO3/c1-3-25-20(23)18-9-5-8-17(22-18)15-7-4-6-14(15)16-12-13(21)10-11-19(16)24-2;18-10-7-8-16(20)13(9-10)11-3-1-4-12(11)14-5-2-6-15(19-14)17(21)22/h5,8-12H,3-4,6-7H2,1-2H3;2,5-9,20H,1,3-4H2,(H,21,22). The molecule has 2 aromatic carbocycles. The van der Waals surface area contributed by atoms with Gasteiger partial charge in [-0.25, -0.2) is 19.6 Å². The van der Waals surface area contributed by atoms with E-state index in [9.17, 15) is 14.7 Å². The molecule has 0 unspecified atom stereocenters. The third-order valence-electron chi connectivity index (χ3n) is 8.03. The summed E-state index contributed by atoms with van der Waals surface area (Å²) in [7, 11) is 1.65. The number of allylic oxidation sites excluding steroid dienone is 4. The number of rotatable bonds is 8. The van der Waals surface area contributed by atoms with Gasteiger partial charge in [-0.2, -0.15) is 0 Å². The molecule has 0 atom stereocenters. The molecule has 0 aliphatic heterocycles. The van der Waals surface area contributed by atoms with Crippen LogP contribution < -0.4 is 4.74 Å². The van der Waals surface area contributed by atoms with Crippen LogP contribution in [0.15, 0.2) is 72.8 Å². The summed E-state index contributed by atoms with van der Waals surface area (Å²) in [5.74, 6) is -0.481. The number of pyridine rings is 2. The van der Waals surface area contributed by atoms with E-state index in [2.05, 4.69) is 9.97 Å². The van der Waals surface area contributed by atoms with Crippen LogP contribution in [0.3, 0.4) is 0 Å². The van der Waals surface area contributed by atoms with Crippen molar-refractivity contribution >= 4 is 57.4 Å². The number of aromatic carboxylic acids is 1. The monoisotopic (exact) mass is 672 g/mol. The number of methoxy groups -OCH3 is 1. The average Bonchev–Trinajstić information content (AvgIpc) is 3.77. The Balaban J connectivity index is 0.000000186. The van der Waals surface area contributed by atoms with Gasteiger partial charge in [0, 0.05) is 21.2 Å². The van der Waals surface area contributed by atoms with Crippen molar-refractivity contribution in [2.75, 3.05) is 13.7 Å². The number of carbonyl (C=O) groups is 2. The Bertz CT molecular complexity index is 1880. The van der Waals surface area contributed by atoms with Crippen LogP contribution in [0.2, 0.25) is 10.0 Å². The van der Waals surface area contributed by atoms with Crippen LogP contribution in [0.1, 0.15) is 88.9 Å². The minimum Gasteiger partial charge on any atom is -0.507 e. The second-order valence-electron chi connectivity index (χ2n) is 11.0. The molecule has 47 heavy (non-hydrogen) atoms. The molecule has 242 valence electrons. The van der Waals surface area contributed by atoms with Gasteiger partial charge in [-0.3, -0.25) is 0 Å². The number of carboxylic acids is 1. The number of aromatic nitrogens is 2. The Morgan fingerprint density at radius 1 is 0.745 bits per heavy atom. The smallest absolute Gasteiger partial charge is 0.356 e. The number of hydrogen-bond donors (Lipinski definition) is 2. The number of hydrogen-bond acceptors (Lipinski definition) is 7. The number of carbonyl (C=O) groups excluding carboxylic acids is 1. The highest BCUT2D eigenvalue weighted by atomic mass is 35.5. The molecule has 0 bridgehead atoms. The number of halogens is 2. The predicted octanol–water partition coefficient (Wildman–Crippen LogP) is 9.25. The van der Waals surface area contributed by atoms with Gasteiger partial charge >= 0.3 is 11.9 Å². The summed E-state index contributed by atoms with van der Waals surface area (Å²) >= 11 is 12.2. The SMILES string of the molecule is CCOC(=O)c1cccc(C2=C(c3cc(Cl)ccc3OC)CCC2)n1.O=C(O)c1cccc(C2=C(c3cc(Cl)ccc3O)CCC2)n1. The summed E-state index contributed by atoms with van der Waals surface area (Å²) in [5, 5.41) is 20.4. The van der Waals surface area contributed by atoms with Crippen LogP contribution in [0.25, 0.3) is 22.3 Å². The molecule has 10 heteroatoms. The highest BCUT2D eigenvalue weighted by Crippen LogP contribution is 2.44. The molecule has 0 fully saturated rings. The maximum Gasteiger partial charge on any atom is 0.356 e. The topological polar surface area (TPSA) is 119 Å². The van der Waals surface area contributed by atoms with Gasteiger partial charge in [0.15, 0.2) is 0 Å². The fourth-order valence-corrected chi connectivity index (χ4v) is 6.30. The van der Waals surface area contributed by atoms with Crippen molar-refractivity contribution in [1.82, 2.24) is 9.97 Å². The van der Waals surface area contributed by atoms with Crippen molar-refractivity contribution in [3.63, 3.8) is 0 Å². The summed E-state index contributed by atoms with van der Waals surface area (Å²) in [6, 6.07) is 21.0. The number of nitrogens with zero attached hydrogens (tertiary/aromatic N) is 2. The number of phenols is 1. The van der Waals surface area contributed by atoms with Gasteiger partial charge in [0.1, 0.15) is 22.9 Å². The van der Waals surface area contributed by atoms with E-state index in [0.29, 0.717) is 33.6 Å². The first-order valence-electron chi connectivity index (χ1n) is 15.3. The minimum absolute atomic E-state index is 0.0200. The lowest BCUT2D eigenvalue weighted by atomic mass is 9.99. The number of phenolic OH excluding ortho intramolecular Hbond substituents is 1. The molecule has 2 aliphatic carbocycles. The lowest BCUT2D eigenvalue weighted by molar-refractivity contribution is 0.0518. The number of carboxylic acid groups (broad SMARTS) is 1. The highest BCUT2D eigenvalue weighted by molar-refractivity contribution is 6.31. The highest BCUT2D eigenvalue weighted by Gasteiger charge is 2.23. The zero-order valence-electron chi connectivity index (χ0n) is 26.1. The second kappa shape index (κ2) is 15.3. The molecule has 0 saturated heterocycles. The minimum atomic E-state index is -1.05. The van der Waals surface area contributed by atoms with Crippen LogP contribution in [0, 0.1) is 0 Å². The Labute approximate surface area is 283 Å². The van der Waals surface area contributed by atoms with Crippen molar-refractivity contribution < 1.29 is 29.3 Å². The third kappa shape index (κ3) is 7.84. The molecular weight excluding hydrogens is 639 g/mol. The van der Waals surface area contributed by atoms with Crippen LogP contribution in [-0.4, -0.2) is 45.8 Å². The van der Waals surface area contributed by atoms with E-state index in [1.807, 2.05) is 30.3 Å². The molecule has 0 spiro atoms. The largest absolute Gasteiger partial charge is 0.507 e. The maximum absolute atomic E-state index is 12.0. The van der Waals surface area contributed by atoms with E-state index in [1.54, 1.807) is 50.4 Å². The summed E-state index contributed by atoms with van der Waals surface area (Å²) in [6.07, 6.45) is 5.42. The number of esters is 1. The molecule has 0 saturated carbocycles. The molecule has 8 nitrogen and oxygen atoms in total. The summed E-state index contributed by atoms with van der Waals surface area (Å²) < 4.78 is 10.6. The van der Waals surface area contributed by atoms with Crippen molar-refractivity contribution in [2.45, 2.75) is 45.4 Å². The summed E-state index contributed by atoms with van der Waals surface area (Å²) in [6.45, 7) is 2.11. The first-order chi connectivity index (χ1) is 22.7. The molecule has 0 amide bonds. The van der Waals surface area contributed by atoms with Gasteiger partial charge in [0.2, 0.25) is 0 Å². The third-order valence-corrected chi connectivity index (χ3v) is 8.50. The Morgan fingerprint density at radius 2 is 1.28 bits per heavy atom. The lowest BCUT2D eigenvalue weighted by Gasteiger charge is -2.13. The van der Waals surface area contributed by atoms with Gasteiger partial charge in [0.25, 0.3) is 0 Å². The van der Waals surface area contributed by atoms with Crippen molar-refractivity contribution in [1.29, 1.82) is 0 Å². The zero-order valence-corrected chi connectivity index (χ0v) is 27.6. The Kier molecular flexibility index (Phi) is 11.0. The summed E-state index contributed by atoms with van der Waals surface area (Å²) in [5.41, 5.74) is 7.75. The molecular formula is C37H34Cl2N2O6. The number of aromatic hydroxyl groups is 1. The molecule has 0 radical (unpaired) electrons. The van der Waals surface area contributed by atoms with Crippen molar-refractivity contribution in [2.24, 2.45) is 0 Å². The second-order valence-corrected chi connectivity index (χ2v) is 11.8. The molecule has 2 aliphatic rings. The van der Waals surface area contributed by atoms with Crippen LogP contribution in [0.5, 0.6) is 11.5 Å². The van der Waals surface area contributed by atoms with Crippen LogP contribution in [-0.2, 0) is 4.74 Å². The quantitative estimate of drug-likeness (QED) is 0.178. The van der Waals surface area contributed by atoms with E-state index in [4.69, 9.17) is 37.8 Å². The number of benzene rings is 2. The van der Waals surface area contributed by atoms with E-state index in [1.165, 1.54) is 11.6 Å². The fourth-order valence-electron chi connectivity index (χ4n) is 5.96. The van der Waals surface area contributed by atoms with Gasteiger partial charge in [-0.05, 0) is 128 Å². The lowest BCUT2D eigenvalue weighted by Crippen LogP contribution is -2.08. The molecule has 2 heterocycles. The van der Waals surface area contributed by atoms with E-state index < -0.39 is 11.9 Å². The molecule has 4 aromatic rings. The first-order valence-corrected chi connectivity index (χ1v) is 16.1. The predicted molar refractivity (Wildman–Crippen MR) is 184 cm³/mol. The van der Waals surface area contributed by atoms with Crippen molar-refractivity contribution in [3.05, 3.63) is 117 Å². The molecule has 2 N–H and O–H groups in total. The van der Waals surface area contributed by atoms with Gasteiger partial charge in [-0.15, -0.1) is 0 Å².